The van der Waals surface area contributed by atoms with Crippen molar-refractivity contribution in [2.75, 3.05) is 28.4 Å². The maximum Gasteiger partial charge on any atom is 0.274 e. The van der Waals surface area contributed by atoms with Gasteiger partial charge in [-0.15, -0.1) is 0 Å². The highest BCUT2D eigenvalue weighted by molar-refractivity contribution is 6.05. The Hall–Kier alpha value is -4.00. The molecule has 0 radical (unpaired) electrons. The van der Waals surface area contributed by atoms with Gasteiger partial charge in [0.1, 0.15) is 0 Å². The summed E-state index contributed by atoms with van der Waals surface area (Å²) < 4.78 is 22.0. The minimum absolute atomic E-state index is 0.194. The number of nitrogens with zero attached hydrogens (tertiary/aromatic N) is 2. The molecule has 170 valence electrons. The second-order valence-electron chi connectivity index (χ2n) is 7.43. The van der Waals surface area contributed by atoms with Crippen molar-refractivity contribution in [1.82, 2.24) is 5.01 Å². The van der Waals surface area contributed by atoms with Crippen LogP contribution >= 0.6 is 0 Å². The molecule has 3 aromatic carbocycles. The van der Waals surface area contributed by atoms with Crippen LogP contribution in [0.15, 0.2) is 71.8 Å². The zero-order valence-corrected chi connectivity index (χ0v) is 19.1. The van der Waals surface area contributed by atoms with Gasteiger partial charge in [-0.2, -0.15) is 5.10 Å². The molecule has 0 aromatic heterocycles. The van der Waals surface area contributed by atoms with Crippen molar-refractivity contribution >= 4 is 11.6 Å². The van der Waals surface area contributed by atoms with Crippen molar-refractivity contribution in [2.24, 2.45) is 5.10 Å². The molecule has 1 amide bonds. The molecule has 0 spiro atoms. The summed E-state index contributed by atoms with van der Waals surface area (Å²) in [4.78, 5) is 13.5. The third kappa shape index (κ3) is 4.22. The molecule has 1 heterocycles. The van der Waals surface area contributed by atoms with Gasteiger partial charge in [-0.05, 0) is 36.4 Å². The molecule has 1 atom stereocenters. The van der Waals surface area contributed by atoms with Gasteiger partial charge in [-0.25, -0.2) is 5.01 Å². The summed E-state index contributed by atoms with van der Waals surface area (Å²) in [7, 11) is 6.37. The minimum Gasteiger partial charge on any atom is -0.493 e. The van der Waals surface area contributed by atoms with Crippen LogP contribution in [0.2, 0.25) is 0 Å². The molecule has 3 aromatic rings. The lowest BCUT2D eigenvalue weighted by atomic mass is 9.96. The number of benzene rings is 3. The van der Waals surface area contributed by atoms with Gasteiger partial charge in [0, 0.05) is 23.1 Å². The highest BCUT2D eigenvalue weighted by atomic mass is 16.5. The summed E-state index contributed by atoms with van der Waals surface area (Å²) in [6, 6.07) is 20.0. The molecule has 4 rings (SSSR count). The standard InChI is InChI=1S/C26H26N2O5/c1-30-22-14-13-18(15-24(22)32-3)20-16-21(19-11-8-12-23(31-2)25(19)33-4)28(27-20)26(29)17-9-6-5-7-10-17/h5-15,21H,16H2,1-4H3/t21-/m0/s1. The first-order chi connectivity index (χ1) is 16.1. The first-order valence-corrected chi connectivity index (χ1v) is 10.5. The predicted molar refractivity (Wildman–Crippen MR) is 126 cm³/mol. The van der Waals surface area contributed by atoms with E-state index in [-0.39, 0.29) is 11.9 Å². The molecule has 1 aliphatic heterocycles. The zero-order chi connectivity index (χ0) is 23.4. The molecule has 0 unspecified atom stereocenters. The van der Waals surface area contributed by atoms with E-state index in [9.17, 15) is 4.79 Å². The van der Waals surface area contributed by atoms with E-state index < -0.39 is 0 Å². The van der Waals surface area contributed by atoms with Crippen LogP contribution in [0.3, 0.4) is 0 Å². The van der Waals surface area contributed by atoms with E-state index >= 15 is 0 Å². The summed E-state index contributed by atoms with van der Waals surface area (Å²) in [6.45, 7) is 0. The van der Waals surface area contributed by atoms with Gasteiger partial charge in [0.25, 0.3) is 5.91 Å². The van der Waals surface area contributed by atoms with Gasteiger partial charge in [0.15, 0.2) is 23.0 Å². The van der Waals surface area contributed by atoms with Crippen molar-refractivity contribution in [2.45, 2.75) is 12.5 Å². The Labute approximate surface area is 193 Å². The Kier molecular flexibility index (Phi) is 6.49. The fourth-order valence-corrected chi connectivity index (χ4v) is 4.02. The summed E-state index contributed by atoms with van der Waals surface area (Å²) in [5.41, 5.74) is 2.99. The predicted octanol–water partition coefficient (Wildman–Crippen LogP) is 4.71. The van der Waals surface area contributed by atoms with Crippen LogP contribution in [-0.2, 0) is 0 Å². The van der Waals surface area contributed by atoms with Crippen molar-refractivity contribution in [3.63, 3.8) is 0 Å². The van der Waals surface area contributed by atoms with Gasteiger partial charge < -0.3 is 18.9 Å². The Morgan fingerprint density at radius 1 is 0.818 bits per heavy atom. The number of hydrogen-bond donors (Lipinski definition) is 0. The smallest absolute Gasteiger partial charge is 0.274 e. The topological polar surface area (TPSA) is 69.6 Å². The summed E-state index contributed by atoms with van der Waals surface area (Å²) in [6.07, 6.45) is 0.498. The first-order valence-electron chi connectivity index (χ1n) is 10.5. The lowest BCUT2D eigenvalue weighted by molar-refractivity contribution is 0.0709. The van der Waals surface area contributed by atoms with Crippen LogP contribution in [0.1, 0.15) is 33.9 Å². The Morgan fingerprint density at radius 3 is 2.21 bits per heavy atom. The third-order valence-corrected chi connectivity index (χ3v) is 5.65. The summed E-state index contributed by atoms with van der Waals surface area (Å²) >= 11 is 0. The molecular formula is C26H26N2O5. The maximum atomic E-state index is 13.5. The van der Waals surface area contributed by atoms with Crippen molar-refractivity contribution in [3.8, 4) is 23.0 Å². The number of hydrazone groups is 1. The molecule has 0 aliphatic carbocycles. The fourth-order valence-electron chi connectivity index (χ4n) is 4.02. The highest BCUT2D eigenvalue weighted by Gasteiger charge is 2.36. The number of carbonyl (C=O) groups excluding carboxylic acids is 1. The second kappa shape index (κ2) is 9.65. The number of carbonyl (C=O) groups is 1. The number of rotatable bonds is 7. The molecule has 0 N–H and O–H groups in total. The van der Waals surface area contributed by atoms with E-state index in [0.29, 0.717) is 35.0 Å². The number of hydrogen-bond acceptors (Lipinski definition) is 6. The van der Waals surface area contributed by atoms with Crippen LogP contribution in [0.4, 0.5) is 0 Å². The van der Waals surface area contributed by atoms with E-state index in [1.165, 1.54) is 5.01 Å². The molecule has 7 nitrogen and oxygen atoms in total. The Bertz CT molecular complexity index is 1180. The molecule has 7 heteroatoms. The summed E-state index contributed by atoms with van der Waals surface area (Å²) in [5.74, 6) is 2.21. The van der Waals surface area contributed by atoms with Crippen LogP contribution in [0.25, 0.3) is 0 Å². The van der Waals surface area contributed by atoms with Crippen molar-refractivity contribution in [3.05, 3.63) is 83.4 Å². The molecule has 0 fully saturated rings. The van der Waals surface area contributed by atoms with Crippen LogP contribution < -0.4 is 18.9 Å². The maximum absolute atomic E-state index is 13.5. The number of amides is 1. The summed E-state index contributed by atoms with van der Waals surface area (Å²) in [5, 5.41) is 6.29. The van der Waals surface area contributed by atoms with E-state index in [2.05, 4.69) is 0 Å². The van der Waals surface area contributed by atoms with Gasteiger partial charge >= 0.3 is 0 Å². The highest BCUT2D eigenvalue weighted by Crippen LogP contribution is 2.42. The largest absolute Gasteiger partial charge is 0.493 e. The van der Waals surface area contributed by atoms with E-state index in [1.807, 2.05) is 54.6 Å². The van der Waals surface area contributed by atoms with Gasteiger partial charge in [-0.3, -0.25) is 4.79 Å². The fraction of sp³-hybridized carbons (Fsp3) is 0.231. The van der Waals surface area contributed by atoms with E-state index in [4.69, 9.17) is 24.0 Å². The monoisotopic (exact) mass is 446 g/mol. The quantitative estimate of drug-likeness (QED) is 0.526. The van der Waals surface area contributed by atoms with Crippen molar-refractivity contribution < 1.29 is 23.7 Å². The SMILES string of the molecule is COc1ccc(C2=NN(C(=O)c3ccccc3)[C@H](c3cccc(OC)c3OC)C2)cc1OC. The van der Waals surface area contributed by atoms with Crippen molar-refractivity contribution in [1.29, 1.82) is 0 Å². The normalized spacial score (nSPS) is 15.1. The molecular weight excluding hydrogens is 420 g/mol. The average molecular weight is 447 g/mol. The van der Waals surface area contributed by atoms with Crippen LogP contribution in [0.5, 0.6) is 23.0 Å². The lowest BCUT2D eigenvalue weighted by Gasteiger charge is -2.24. The van der Waals surface area contributed by atoms with E-state index in [1.54, 1.807) is 40.6 Å². The van der Waals surface area contributed by atoms with Gasteiger partial charge in [-0.1, -0.05) is 30.3 Å². The van der Waals surface area contributed by atoms with Crippen LogP contribution in [-0.4, -0.2) is 45.1 Å². The van der Waals surface area contributed by atoms with E-state index in [0.717, 1.165) is 16.8 Å². The van der Waals surface area contributed by atoms with Gasteiger partial charge in [0.05, 0.1) is 40.2 Å². The second-order valence-corrected chi connectivity index (χ2v) is 7.43. The first kappa shape index (κ1) is 22.2. The molecule has 0 saturated heterocycles. The molecule has 1 aliphatic rings. The molecule has 0 bridgehead atoms. The third-order valence-electron chi connectivity index (χ3n) is 5.65. The Morgan fingerprint density at radius 2 is 1.55 bits per heavy atom. The average Bonchev–Trinajstić information content (AvgIpc) is 3.33. The van der Waals surface area contributed by atoms with Crippen LogP contribution in [0, 0.1) is 0 Å². The molecule has 0 saturated carbocycles. The zero-order valence-electron chi connectivity index (χ0n) is 19.1. The number of para-hydroxylation sites is 1. The number of methoxy groups -OCH3 is 4. The number of ether oxygens (including phenoxy) is 4. The lowest BCUT2D eigenvalue weighted by Crippen LogP contribution is -2.27. The van der Waals surface area contributed by atoms with Gasteiger partial charge in [0.2, 0.25) is 0 Å². The minimum atomic E-state index is -0.370. The Balaban J connectivity index is 1.80. The molecule has 33 heavy (non-hydrogen) atoms.